The molecule has 0 amide bonds. The van der Waals surface area contributed by atoms with Gasteiger partial charge < -0.3 is 5.11 Å². The number of benzene rings is 2. The molecule has 2 aromatic rings. The fourth-order valence-corrected chi connectivity index (χ4v) is 3.34. The largest absolute Gasteiger partial charge is 0.477 e. The summed E-state index contributed by atoms with van der Waals surface area (Å²) in [6.07, 6.45) is 0. The lowest BCUT2D eigenvalue weighted by Gasteiger charge is -2.31. The van der Waals surface area contributed by atoms with Crippen LogP contribution in [0.4, 0.5) is 0 Å². The van der Waals surface area contributed by atoms with Gasteiger partial charge in [0.2, 0.25) is 6.04 Å². The number of nitroso groups, excluding NO2 is 1. The second kappa shape index (κ2) is 7.89. The quantitative estimate of drug-likeness (QED) is 0.464. The Bertz CT molecular complexity index is 840. The third kappa shape index (κ3) is 3.95. The zero-order valence-electron chi connectivity index (χ0n) is 15.1. The summed E-state index contributed by atoms with van der Waals surface area (Å²) in [4.78, 5) is 23.1. The van der Waals surface area contributed by atoms with Gasteiger partial charge in [-0.25, -0.2) is 4.79 Å². The molecule has 134 valence electrons. The highest BCUT2D eigenvalue weighted by Crippen LogP contribution is 2.27. The normalized spacial score (nSPS) is 14.3. The fraction of sp³-hybridized carbons (Fsp3) is 0.300. The zero-order valence-corrected chi connectivity index (χ0v) is 15.1. The number of likely N-dealkylation sites (N-methyl/N-ethyl adjacent to an activating group) is 1. The summed E-state index contributed by atoms with van der Waals surface area (Å²) in [5, 5.41) is 21.9. The molecule has 0 saturated carbocycles. The number of nitrogens with zero attached hydrogens (tertiary/aromatic N) is 3. The van der Waals surface area contributed by atoms with E-state index in [1.807, 2.05) is 42.5 Å². The molecule has 6 nitrogen and oxygen atoms in total. The maximum atomic E-state index is 11.6. The first-order valence-corrected chi connectivity index (χ1v) is 8.33. The second-order valence-electron chi connectivity index (χ2n) is 6.84. The van der Waals surface area contributed by atoms with Gasteiger partial charge in [-0.1, -0.05) is 61.2 Å². The van der Waals surface area contributed by atoms with Gasteiger partial charge in [-0.15, -0.1) is 4.59 Å². The van der Waals surface area contributed by atoms with E-state index in [0.717, 1.165) is 16.7 Å². The first-order valence-electron chi connectivity index (χ1n) is 8.33. The highest BCUT2D eigenvalue weighted by Gasteiger charge is 2.43. The molecular formula is C20H22N3O3+. The molecule has 0 aliphatic carbocycles. The number of aliphatic carboxylic acids is 1. The minimum Gasteiger partial charge on any atom is -0.477 e. The first kappa shape index (κ1) is 19.3. The van der Waals surface area contributed by atoms with Crippen LogP contribution < -0.4 is 0 Å². The molecule has 0 bridgehead atoms. The Morgan fingerprint density at radius 1 is 1.19 bits per heavy atom. The lowest BCUT2D eigenvalue weighted by Crippen LogP contribution is -2.53. The minimum atomic E-state index is -1.04. The van der Waals surface area contributed by atoms with Crippen molar-refractivity contribution in [2.24, 2.45) is 11.2 Å². The summed E-state index contributed by atoms with van der Waals surface area (Å²) in [5.74, 6) is -1.28. The monoisotopic (exact) mass is 352 g/mol. The van der Waals surface area contributed by atoms with E-state index in [1.165, 1.54) is 7.05 Å². The van der Waals surface area contributed by atoms with E-state index in [-0.39, 0.29) is 12.5 Å². The van der Waals surface area contributed by atoms with Gasteiger partial charge in [-0.05, 0) is 17.2 Å². The number of rotatable bonds is 7. The number of carboxylic acid groups (broad SMARTS) is 1. The van der Waals surface area contributed by atoms with Gasteiger partial charge in [-0.2, -0.15) is 5.26 Å². The molecular weight excluding hydrogens is 330 g/mol. The second-order valence-corrected chi connectivity index (χ2v) is 6.84. The van der Waals surface area contributed by atoms with Crippen LogP contribution >= 0.6 is 0 Å². The Morgan fingerprint density at radius 2 is 1.81 bits per heavy atom. The van der Waals surface area contributed by atoms with Crippen LogP contribution in [0.1, 0.15) is 25.0 Å². The molecule has 26 heavy (non-hydrogen) atoms. The Kier molecular flexibility index (Phi) is 5.86. The molecule has 0 fully saturated rings. The molecule has 0 saturated heterocycles. The molecule has 0 aromatic heterocycles. The topological polar surface area (TPSA) is 90.5 Å². The van der Waals surface area contributed by atoms with E-state index >= 15 is 0 Å². The average Bonchev–Trinajstić information content (AvgIpc) is 2.61. The minimum absolute atomic E-state index is 0.179. The van der Waals surface area contributed by atoms with Crippen LogP contribution in [0, 0.1) is 22.2 Å². The third-order valence-electron chi connectivity index (χ3n) is 4.49. The Morgan fingerprint density at radius 3 is 2.31 bits per heavy atom. The van der Waals surface area contributed by atoms with E-state index in [9.17, 15) is 20.1 Å². The smallest absolute Gasteiger partial charge is 0.365 e. The predicted octanol–water partition coefficient (Wildman–Crippen LogP) is 3.96. The van der Waals surface area contributed by atoms with Crippen LogP contribution in [0.15, 0.2) is 53.8 Å². The average molecular weight is 352 g/mol. The van der Waals surface area contributed by atoms with Crippen LogP contribution in [0.3, 0.4) is 0 Å². The van der Waals surface area contributed by atoms with Crippen molar-refractivity contribution in [3.05, 3.63) is 64.6 Å². The molecule has 2 aromatic carbocycles. The molecule has 1 N–H and O–H groups in total. The van der Waals surface area contributed by atoms with Crippen molar-refractivity contribution < 1.29 is 14.5 Å². The predicted molar refractivity (Wildman–Crippen MR) is 98.5 cm³/mol. The summed E-state index contributed by atoms with van der Waals surface area (Å²) in [5.41, 5.74) is 3.11. The lowest BCUT2D eigenvalue weighted by molar-refractivity contribution is -0.949. The van der Waals surface area contributed by atoms with E-state index in [1.54, 1.807) is 19.9 Å². The summed E-state index contributed by atoms with van der Waals surface area (Å²) in [6.45, 7) is 3.71. The van der Waals surface area contributed by atoms with Gasteiger partial charge in [-0.3, -0.25) is 0 Å². The van der Waals surface area contributed by atoms with E-state index in [2.05, 4.69) is 11.4 Å². The molecule has 1 unspecified atom stereocenters. The number of nitriles is 1. The van der Waals surface area contributed by atoms with Crippen molar-refractivity contribution in [3.63, 3.8) is 0 Å². The van der Waals surface area contributed by atoms with Crippen molar-refractivity contribution in [1.29, 1.82) is 5.26 Å². The van der Waals surface area contributed by atoms with Crippen LogP contribution in [0.5, 0.6) is 0 Å². The van der Waals surface area contributed by atoms with Gasteiger partial charge in [0.25, 0.3) is 0 Å². The summed E-state index contributed by atoms with van der Waals surface area (Å²) < 4.78 is -0.471. The van der Waals surface area contributed by atoms with Crippen LogP contribution in [-0.2, 0) is 11.3 Å². The summed E-state index contributed by atoms with van der Waals surface area (Å²) in [7, 11) is 1.53. The van der Waals surface area contributed by atoms with E-state index in [4.69, 9.17) is 0 Å². The molecule has 0 aliphatic heterocycles. The maximum Gasteiger partial charge on any atom is 0.365 e. The number of hydrogen-bond donors (Lipinski definition) is 1. The van der Waals surface area contributed by atoms with Crippen LogP contribution in [-0.4, -0.2) is 28.8 Å². The zero-order chi connectivity index (χ0) is 19.3. The standard InChI is InChI=1S/C20H21N3O3/c1-14(2)19(20(24)25)23(3,22-26)13-15-8-10-16(11-9-15)18-7-5-4-6-17(18)12-21/h4-11,14,19H,13H2,1-3H3/p+1/t19-,23?/m0/s1. The molecule has 2 atom stereocenters. The van der Waals surface area contributed by atoms with Crippen LogP contribution in [0.2, 0.25) is 0 Å². The van der Waals surface area contributed by atoms with E-state index < -0.39 is 16.6 Å². The summed E-state index contributed by atoms with van der Waals surface area (Å²) in [6, 6.07) is 16.0. The Hall–Kier alpha value is -3.04. The number of quaternary nitrogens is 1. The molecule has 0 heterocycles. The molecule has 0 radical (unpaired) electrons. The van der Waals surface area contributed by atoms with Crippen molar-refractivity contribution in [2.75, 3.05) is 7.05 Å². The van der Waals surface area contributed by atoms with Crippen LogP contribution in [0.25, 0.3) is 11.1 Å². The van der Waals surface area contributed by atoms with Crippen molar-refractivity contribution >= 4 is 5.97 Å². The highest BCUT2D eigenvalue weighted by atomic mass is 16.4. The van der Waals surface area contributed by atoms with Crippen molar-refractivity contribution in [1.82, 2.24) is 0 Å². The van der Waals surface area contributed by atoms with Crippen molar-refractivity contribution in [2.45, 2.75) is 26.4 Å². The number of carboxylic acids is 1. The number of hydrogen-bond acceptors (Lipinski definition) is 4. The molecule has 0 spiro atoms. The number of carbonyl (C=O) groups is 1. The first-order chi connectivity index (χ1) is 12.3. The van der Waals surface area contributed by atoms with Gasteiger partial charge in [0.05, 0.1) is 18.7 Å². The third-order valence-corrected chi connectivity index (χ3v) is 4.49. The highest BCUT2D eigenvalue weighted by molar-refractivity contribution is 5.72. The molecule has 0 aliphatic rings. The molecule has 2 rings (SSSR count). The summed E-state index contributed by atoms with van der Waals surface area (Å²) >= 11 is 0. The fourth-order valence-electron chi connectivity index (χ4n) is 3.34. The Balaban J connectivity index is 2.32. The maximum absolute atomic E-state index is 11.6. The van der Waals surface area contributed by atoms with Gasteiger partial charge in [0.1, 0.15) is 6.54 Å². The molecule has 6 heteroatoms. The Labute approximate surface area is 152 Å². The van der Waals surface area contributed by atoms with Gasteiger partial charge in [0.15, 0.2) is 5.29 Å². The van der Waals surface area contributed by atoms with E-state index in [0.29, 0.717) is 5.56 Å². The lowest BCUT2D eigenvalue weighted by atomic mass is 9.98. The SMILES string of the molecule is CC(C)[C@@H](C(=O)O)[N+](C)(Cc1ccc(-c2ccccc2C#N)cc1)N=O. The van der Waals surface area contributed by atoms with Crippen molar-refractivity contribution in [3.8, 4) is 17.2 Å². The van der Waals surface area contributed by atoms with Gasteiger partial charge >= 0.3 is 5.97 Å². The van der Waals surface area contributed by atoms with Gasteiger partial charge in [0, 0.05) is 11.5 Å².